The Bertz CT molecular complexity index is 520. The second-order valence-electron chi connectivity index (χ2n) is 3.36. The molecule has 2 aromatic carbocycles. The van der Waals surface area contributed by atoms with Crippen LogP contribution in [-0.4, -0.2) is 0 Å². The molecule has 3 rings (SSSR count). The molecular weight excluding hydrogens is 172 g/mol. The van der Waals surface area contributed by atoms with Gasteiger partial charge in [0.15, 0.2) is 0 Å². The van der Waals surface area contributed by atoms with Crippen LogP contribution in [0.2, 0.25) is 0 Å². The van der Waals surface area contributed by atoms with E-state index in [9.17, 15) is 0 Å². The molecule has 0 radical (unpaired) electrons. The van der Waals surface area contributed by atoms with Crippen LogP contribution in [0.4, 0.5) is 0 Å². The van der Waals surface area contributed by atoms with Gasteiger partial charge in [-0.25, -0.2) is 0 Å². The van der Waals surface area contributed by atoms with E-state index in [1.54, 1.807) is 6.07 Å². The van der Waals surface area contributed by atoms with E-state index >= 15 is 0 Å². The largest absolute Gasteiger partial charge is 0.488 e. The second-order valence-corrected chi connectivity index (χ2v) is 3.36. The molecule has 1 heteroatoms. The zero-order valence-corrected chi connectivity index (χ0v) is 7.66. The Labute approximate surface area is 84.4 Å². The van der Waals surface area contributed by atoms with Gasteiger partial charge in [-0.05, 0) is 17.2 Å². The Morgan fingerprint density at radius 2 is 1.86 bits per heavy atom. The Morgan fingerprint density at radius 3 is 2.86 bits per heavy atom. The smallest absolute Gasteiger partial charge is 0.127 e. The minimum atomic E-state index is 0.527. The Kier molecular flexibility index (Phi) is 1.37. The maximum Gasteiger partial charge on any atom is 0.127 e. The maximum absolute atomic E-state index is 7.90. The van der Waals surface area contributed by atoms with Crippen molar-refractivity contribution in [3.63, 3.8) is 0 Å². The highest BCUT2D eigenvalue weighted by molar-refractivity contribution is 5.74. The van der Waals surface area contributed by atoms with Gasteiger partial charge in [0, 0.05) is 5.56 Å². The van der Waals surface area contributed by atoms with Crippen LogP contribution in [0, 0.1) is 0 Å². The van der Waals surface area contributed by atoms with Crippen LogP contribution in [0.3, 0.4) is 0 Å². The first-order valence-corrected chi connectivity index (χ1v) is 4.67. The summed E-state index contributed by atoms with van der Waals surface area (Å²) in [5.41, 5.74) is 3.20. The number of rotatable bonds is 0. The number of hydrogen-bond donors (Lipinski definition) is 0. The van der Waals surface area contributed by atoms with Gasteiger partial charge in [-0.2, -0.15) is 0 Å². The molecule has 0 atom stereocenters. The third kappa shape index (κ3) is 1.02. The Morgan fingerprint density at radius 1 is 1.00 bits per heavy atom. The SMILES string of the molecule is [2H]c1cccc2c1-c1ccccc1CO2. The fraction of sp³-hybridized carbons (Fsp3) is 0.0769. The van der Waals surface area contributed by atoms with Crippen molar-refractivity contribution in [2.24, 2.45) is 0 Å². The number of ether oxygens (including phenoxy) is 1. The van der Waals surface area contributed by atoms with Gasteiger partial charge in [0.2, 0.25) is 0 Å². The van der Waals surface area contributed by atoms with Crippen LogP contribution in [0.5, 0.6) is 5.75 Å². The fourth-order valence-corrected chi connectivity index (χ4v) is 1.80. The predicted molar refractivity (Wildman–Crippen MR) is 56.2 cm³/mol. The summed E-state index contributed by atoms with van der Waals surface area (Å²) < 4.78 is 13.5. The number of benzene rings is 2. The van der Waals surface area contributed by atoms with Crippen LogP contribution in [-0.2, 0) is 6.61 Å². The van der Waals surface area contributed by atoms with Gasteiger partial charge in [-0.3, -0.25) is 0 Å². The Balaban J connectivity index is 2.33. The summed E-state index contributed by atoms with van der Waals surface area (Å²) in [6.07, 6.45) is 0. The molecule has 0 bridgehead atoms. The third-order valence-corrected chi connectivity index (χ3v) is 2.49. The molecule has 14 heavy (non-hydrogen) atoms. The van der Waals surface area contributed by atoms with Gasteiger partial charge in [0.1, 0.15) is 12.4 Å². The standard InChI is InChI=1S/C13H10O/c1-2-6-11-10(5-1)9-14-13-8-4-3-7-12(11)13/h1-8H,9H2/i7D. The molecule has 1 heterocycles. The molecule has 1 nitrogen and oxygen atoms in total. The molecule has 0 amide bonds. The zero-order valence-electron chi connectivity index (χ0n) is 8.66. The highest BCUT2D eigenvalue weighted by atomic mass is 16.5. The predicted octanol–water partition coefficient (Wildman–Crippen LogP) is 3.25. The molecule has 0 aromatic heterocycles. The van der Waals surface area contributed by atoms with Crippen molar-refractivity contribution in [2.45, 2.75) is 6.61 Å². The van der Waals surface area contributed by atoms with Crippen LogP contribution in [0.25, 0.3) is 11.1 Å². The van der Waals surface area contributed by atoms with Crippen LogP contribution >= 0.6 is 0 Å². The van der Waals surface area contributed by atoms with E-state index in [1.165, 1.54) is 0 Å². The maximum atomic E-state index is 7.90. The van der Waals surface area contributed by atoms with Crippen LogP contribution < -0.4 is 4.74 Å². The van der Waals surface area contributed by atoms with Crippen LogP contribution in [0.15, 0.2) is 48.5 Å². The van der Waals surface area contributed by atoms with Gasteiger partial charge in [-0.1, -0.05) is 42.4 Å². The normalized spacial score (nSPS) is 13.6. The monoisotopic (exact) mass is 183 g/mol. The van der Waals surface area contributed by atoms with Gasteiger partial charge < -0.3 is 4.74 Å². The lowest BCUT2D eigenvalue weighted by atomic mass is 9.97. The van der Waals surface area contributed by atoms with E-state index in [1.807, 2.05) is 30.3 Å². The van der Waals surface area contributed by atoms with E-state index in [-0.39, 0.29) is 0 Å². The molecule has 68 valence electrons. The van der Waals surface area contributed by atoms with Crippen molar-refractivity contribution in [1.29, 1.82) is 0 Å². The average Bonchev–Trinajstić information content (AvgIpc) is 2.29. The van der Waals surface area contributed by atoms with Crippen molar-refractivity contribution in [1.82, 2.24) is 0 Å². The Hall–Kier alpha value is -1.76. The van der Waals surface area contributed by atoms with Crippen molar-refractivity contribution < 1.29 is 6.11 Å². The summed E-state index contributed by atoms with van der Waals surface area (Å²) in [4.78, 5) is 0. The number of para-hydroxylation sites is 1. The quantitative estimate of drug-likeness (QED) is 0.609. The molecule has 1 aliphatic heterocycles. The summed E-state index contributed by atoms with van der Waals surface area (Å²) >= 11 is 0. The summed E-state index contributed by atoms with van der Waals surface area (Å²) in [5, 5.41) is 0. The second kappa shape index (κ2) is 2.88. The molecule has 0 unspecified atom stereocenters. The summed E-state index contributed by atoms with van der Waals surface area (Å²) in [6.45, 7) is 0.604. The third-order valence-electron chi connectivity index (χ3n) is 2.49. The lowest BCUT2D eigenvalue weighted by Gasteiger charge is -2.20. The minimum Gasteiger partial charge on any atom is -0.488 e. The molecule has 0 saturated carbocycles. The average molecular weight is 183 g/mol. The molecule has 0 N–H and O–H groups in total. The highest BCUT2D eigenvalue weighted by Gasteiger charge is 2.14. The zero-order chi connectivity index (χ0) is 10.3. The minimum absolute atomic E-state index is 0.527. The van der Waals surface area contributed by atoms with Crippen LogP contribution in [0.1, 0.15) is 6.93 Å². The van der Waals surface area contributed by atoms with Crippen molar-refractivity contribution in [2.75, 3.05) is 0 Å². The summed E-state index contributed by atoms with van der Waals surface area (Å²) in [5.74, 6) is 0.821. The topological polar surface area (TPSA) is 9.23 Å². The summed E-state index contributed by atoms with van der Waals surface area (Å²) in [6, 6.07) is 14.2. The molecule has 0 aliphatic carbocycles. The summed E-state index contributed by atoms with van der Waals surface area (Å²) in [7, 11) is 0. The van der Waals surface area contributed by atoms with Gasteiger partial charge >= 0.3 is 0 Å². The van der Waals surface area contributed by atoms with Crippen molar-refractivity contribution >= 4 is 0 Å². The van der Waals surface area contributed by atoms with E-state index in [2.05, 4.69) is 6.07 Å². The molecule has 0 saturated heterocycles. The first-order chi connectivity index (χ1) is 7.36. The van der Waals surface area contributed by atoms with Crippen molar-refractivity contribution in [3.8, 4) is 16.9 Å². The van der Waals surface area contributed by atoms with E-state index in [0.717, 1.165) is 22.4 Å². The first-order valence-electron chi connectivity index (χ1n) is 5.17. The number of fused-ring (bicyclic) bond motifs is 3. The lowest BCUT2D eigenvalue weighted by molar-refractivity contribution is 0.302. The first kappa shape index (κ1) is 6.66. The highest BCUT2D eigenvalue weighted by Crippen LogP contribution is 2.36. The fourth-order valence-electron chi connectivity index (χ4n) is 1.80. The van der Waals surface area contributed by atoms with Crippen molar-refractivity contribution in [3.05, 3.63) is 54.1 Å². The van der Waals surface area contributed by atoms with Gasteiger partial charge in [-0.15, -0.1) is 0 Å². The molecule has 2 aromatic rings. The van der Waals surface area contributed by atoms with Gasteiger partial charge in [0.05, 0.1) is 1.37 Å². The molecule has 1 aliphatic rings. The van der Waals surface area contributed by atoms with E-state index < -0.39 is 0 Å². The molecule has 0 spiro atoms. The lowest BCUT2D eigenvalue weighted by Crippen LogP contribution is -2.04. The van der Waals surface area contributed by atoms with E-state index in [0.29, 0.717) is 12.6 Å². The van der Waals surface area contributed by atoms with Gasteiger partial charge in [0.25, 0.3) is 0 Å². The molecule has 0 fully saturated rings. The molecular formula is C13H10O. The number of hydrogen-bond acceptors (Lipinski definition) is 1. The van der Waals surface area contributed by atoms with E-state index in [4.69, 9.17) is 6.11 Å².